The van der Waals surface area contributed by atoms with Crippen LogP contribution in [0.4, 0.5) is 5.13 Å². The van der Waals surface area contributed by atoms with Crippen LogP contribution < -0.4 is 11.1 Å². The first-order chi connectivity index (χ1) is 7.71. The van der Waals surface area contributed by atoms with Gasteiger partial charge < -0.3 is 11.1 Å². The fourth-order valence-electron chi connectivity index (χ4n) is 2.08. The molecule has 88 valence electrons. The van der Waals surface area contributed by atoms with Crippen molar-refractivity contribution in [2.45, 2.75) is 44.1 Å². The van der Waals surface area contributed by atoms with E-state index in [1.54, 1.807) is 0 Å². The van der Waals surface area contributed by atoms with Gasteiger partial charge >= 0.3 is 0 Å². The van der Waals surface area contributed by atoms with E-state index in [9.17, 15) is 0 Å². The Bertz CT molecular complexity index is 383. The van der Waals surface area contributed by atoms with Crippen molar-refractivity contribution in [3.63, 3.8) is 0 Å². The van der Waals surface area contributed by atoms with Gasteiger partial charge in [-0.25, -0.2) is 4.98 Å². The summed E-state index contributed by atoms with van der Waals surface area (Å²) in [7, 11) is 0. The first kappa shape index (κ1) is 10.5. The Morgan fingerprint density at radius 1 is 1.44 bits per heavy atom. The second-order valence-corrected chi connectivity index (χ2v) is 6.00. The van der Waals surface area contributed by atoms with Crippen LogP contribution in [0.3, 0.4) is 0 Å². The van der Waals surface area contributed by atoms with Gasteiger partial charge in [0.1, 0.15) is 5.82 Å². The maximum absolute atomic E-state index is 5.87. The predicted molar refractivity (Wildman–Crippen MR) is 65.7 cm³/mol. The Morgan fingerprint density at radius 3 is 2.75 bits per heavy atom. The largest absolute Gasteiger partial charge is 0.354 e. The van der Waals surface area contributed by atoms with Crippen molar-refractivity contribution in [3.05, 3.63) is 5.82 Å². The van der Waals surface area contributed by atoms with Crippen molar-refractivity contribution in [2.24, 2.45) is 11.7 Å². The molecule has 2 aliphatic rings. The van der Waals surface area contributed by atoms with Crippen LogP contribution in [0.15, 0.2) is 0 Å². The summed E-state index contributed by atoms with van der Waals surface area (Å²) >= 11 is 1.48. The van der Waals surface area contributed by atoms with Crippen LogP contribution in [-0.4, -0.2) is 21.4 Å². The predicted octanol–water partition coefficient (Wildman–Crippen LogP) is 1.95. The van der Waals surface area contributed by atoms with Gasteiger partial charge in [0.2, 0.25) is 5.13 Å². The summed E-state index contributed by atoms with van der Waals surface area (Å²) < 4.78 is 4.40. The smallest absolute Gasteiger partial charge is 0.203 e. The lowest BCUT2D eigenvalue weighted by Gasteiger charge is -2.28. The van der Waals surface area contributed by atoms with E-state index >= 15 is 0 Å². The quantitative estimate of drug-likeness (QED) is 0.823. The Balaban J connectivity index is 1.71. The fourth-order valence-corrected chi connectivity index (χ4v) is 2.86. The van der Waals surface area contributed by atoms with Crippen LogP contribution in [0.1, 0.15) is 44.3 Å². The van der Waals surface area contributed by atoms with E-state index < -0.39 is 0 Å². The number of rotatable bonds is 5. The minimum atomic E-state index is 0.0142. The molecule has 16 heavy (non-hydrogen) atoms. The topological polar surface area (TPSA) is 63.8 Å². The minimum absolute atomic E-state index is 0.0142. The molecular formula is C11H18N4S. The Labute approximate surface area is 99.8 Å². The fraction of sp³-hybridized carbons (Fsp3) is 0.818. The monoisotopic (exact) mass is 238 g/mol. The Kier molecular flexibility index (Phi) is 2.40. The summed E-state index contributed by atoms with van der Waals surface area (Å²) in [4.78, 5) is 4.56. The van der Waals surface area contributed by atoms with Crippen LogP contribution in [0.5, 0.6) is 0 Å². The van der Waals surface area contributed by atoms with Crippen LogP contribution >= 0.6 is 11.5 Å². The first-order valence-corrected chi connectivity index (χ1v) is 6.80. The molecule has 0 saturated heterocycles. The molecule has 0 bridgehead atoms. The third kappa shape index (κ3) is 1.94. The molecule has 1 unspecified atom stereocenters. The summed E-state index contributed by atoms with van der Waals surface area (Å²) in [5.41, 5.74) is 5.88. The van der Waals surface area contributed by atoms with Gasteiger partial charge in [0.05, 0.1) is 5.54 Å². The number of nitrogens with two attached hydrogens (primary N) is 1. The zero-order valence-corrected chi connectivity index (χ0v) is 10.4. The van der Waals surface area contributed by atoms with E-state index in [0.29, 0.717) is 18.4 Å². The van der Waals surface area contributed by atoms with Crippen molar-refractivity contribution in [1.29, 1.82) is 0 Å². The molecule has 0 amide bonds. The van der Waals surface area contributed by atoms with Crippen LogP contribution in [0.25, 0.3) is 0 Å². The molecule has 3 rings (SSSR count). The molecule has 1 heterocycles. The molecule has 3 N–H and O–H groups in total. The summed E-state index contributed by atoms with van der Waals surface area (Å²) in [6, 6.07) is 0. The number of nitrogens with zero attached hydrogens (tertiary/aromatic N) is 2. The lowest BCUT2D eigenvalue weighted by atomic mass is 9.96. The van der Waals surface area contributed by atoms with Crippen molar-refractivity contribution in [3.8, 4) is 0 Å². The molecule has 1 aromatic heterocycles. The molecule has 2 aliphatic carbocycles. The zero-order valence-electron chi connectivity index (χ0n) is 9.57. The third-order valence-electron chi connectivity index (χ3n) is 3.68. The molecule has 5 heteroatoms. The number of hydrogen-bond donors (Lipinski definition) is 2. The van der Waals surface area contributed by atoms with Gasteiger partial charge in [-0.05, 0) is 38.5 Å². The molecule has 1 aromatic rings. The number of anilines is 1. The lowest BCUT2D eigenvalue weighted by Crippen LogP contribution is -2.44. The number of hydrogen-bond acceptors (Lipinski definition) is 5. The highest BCUT2D eigenvalue weighted by atomic mass is 32.1. The molecule has 2 fully saturated rings. The average molecular weight is 238 g/mol. The van der Waals surface area contributed by atoms with Crippen molar-refractivity contribution in [2.75, 3.05) is 11.9 Å². The molecule has 0 spiro atoms. The SMILES string of the molecule is CC(CN)(Nc1nc(C2CC2)ns1)C1CC1. The van der Waals surface area contributed by atoms with Crippen molar-refractivity contribution < 1.29 is 0 Å². The second kappa shape index (κ2) is 3.67. The number of aromatic nitrogens is 2. The van der Waals surface area contributed by atoms with Gasteiger partial charge in [-0.15, -0.1) is 0 Å². The van der Waals surface area contributed by atoms with Crippen LogP contribution in [-0.2, 0) is 0 Å². The van der Waals surface area contributed by atoms with Gasteiger partial charge in [-0.2, -0.15) is 4.37 Å². The summed E-state index contributed by atoms with van der Waals surface area (Å²) in [5, 5.41) is 4.44. The summed E-state index contributed by atoms with van der Waals surface area (Å²) in [5.74, 6) is 2.38. The molecule has 0 aromatic carbocycles. The number of nitrogens with one attached hydrogen (secondary N) is 1. The van der Waals surface area contributed by atoms with Crippen molar-refractivity contribution >= 4 is 16.7 Å². The van der Waals surface area contributed by atoms with E-state index in [1.807, 2.05) is 0 Å². The van der Waals surface area contributed by atoms with Gasteiger partial charge in [0.25, 0.3) is 0 Å². The Hall–Kier alpha value is -0.680. The molecule has 0 aliphatic heterocycles. The highest BCUT2D eigenvalue weighted by molar-refractivity contribution is 7.09. The standard InChI is InChI=1S/C11H18N4S/c1-11(6-12,8-4-5-8)14-10-13-9(15-16-10)7-2-3-7/h7-8H,2-6,12H2,1H3,(H,13,14,15). The van der Waals surface area contributed by atoms with Gasteiger partial charge in [-0.3, -0.25) is 0 Å². The molecular weight excluding hydrogens is 220 g/mol. The Morgan fingerprint density at radius 2 is 2.19 bits per heavy atom. The lowest BCUT2D eigenvalue weighted by molar-refractivity contribution is 0.459. The third-order valence-corrected chi connectivity index (χ3v) is 4.32. The molecule has 1 atom stereocenters. The summed E-state index contributed by atoms with van der Waals surface area (Å²) in [6.07, 6.45) is 5.09. The minimum Gasteiger partial charge on any atom is -0.354 e. The van der Waals surface area contributed by atoms with Gasteiger partial charge in [0, 0.05) is 24.0 Å². The van der Waals surface area contributed by atoms with E-state index in [2.05, 4.69) is 21.6 Å². The average Bonchev–Trinajstić information content (AvgIpc) is 3.17. The highest BCUT2D eigenvalue weighted by Crippen LogP contribution is 2.42. The van der Waals surface area contributed by atoms with Gasteiger partial charge in [0.15, 0.2) is 0 Å². The van der Waals surface area contributed by atoms with Crippen LogP contribution in [0.2, 0.25) is 0 Å². The zero-order chi connectivity index (χ0) is 11.2. The second-order valence-electron chi connectivity index (χ2n) is 5.25. The maximum atomic E-state index is 5.87. The van der Waals surface area contributed by atoms with Gasteiger partial charge in [-0.1, -0.05) is 0 Å². The molecule has 4 nitrogen and oxygen atoms in total. The maximum Gasteiger partial charge on any atom is 0.203 e. The van der Waals surface area contributed by atoms with E-state index in [0.717, 1.165) is 11.0 Å². The highest BCUT2D eigenvalue weighted by Gasteiger charge is 2.41. The van der Waals surface area contributed by atoms with E-state index in [1.165, 1.54) is 37.2 Å². The molecule has 2 saturated carbocycles. The first-order valence-electron chi connectivity index (χ1n) is 6.03. The summed E-state index contributed by atoms with van der Waals surface area (Å²) in [6.45, 7) is 2.86. The van der Waals surface area contributed by atoms with Crippen LogP contribution in [0, 0.1) is 5.92 Å². The van der Waals surface area contributed by atoms with Crippen molar-refractivity contribution in [1.82, 2.24) is 9.36 Å². The van der Waals surface area contributed by atoms with E-state index in [-0.39, 0.29) is 5.54 Å². The normalized spacial score (nSPS) is 24.1. The van der Waals surface area contributed by atoms with E-state index in [4.69, 9.17) is 5.73 Å². The molecule has 0 radical (unpaired) electrons.